The van der Waals surface area contributed by atoms with E-state index in [0.717, 1.165) is 5.56 Å². The van der Waals surface area contributed by atoms with Crippen molar-refractivity contribution in [3.63, 3.8) is 0 Å². The summed E-state index contributed by atoms with van der Waals surface area (Å²) < 4.78 is 28.8. The van der Waals surface area contributed by atoms with Crippen LogP contribution in [0.5, 0.6) is 0 Å². The normalized spacial score (nSPS) is 11.6. The molecule has 1 N–H and O–H groups in total. The predicted octanol–water partition coefficient (Wildman–Crippen LogP) is 2.97. The molecule has 0 aliphatic carbocycles. The van der Waals surface area contributed by atoms with E-state index in [0.29, 0.717) is 22.9 Å². The summed E-state index contributed by atoms with van der Waals surface area (Å²) in [4.78, 5) is 0.177. The SMILES string of the molecule is CCn1cc(S(=O)(=O)Nc2ccc(C)c(Cl)c2)c(C)n1. The smallest absolute Gasteiger partial charge is 0.265 e. The molecule has 0 bridgehead atoms. The Morgan fingerprint density at radius 2 is 2.05 bits per heavy atom. The molecule has 0 aliphatic heterocycles. The van der Waals surface area contributed by atoms with Crippen LogP contribution in [0.25, 0.3) is 0 Å². The first kappa shape index (κ1) is 14.9. The van der Waals surface area contributed by atoms with Crippen molar-refractivity contribution in [2.75, 3.05) is 4.72 Å². The second kappa shape index (κ2) is 5.46. The quantitative estimate of drug-likeness (QED) is 0.943. The third-order valence-corrected chi connectivity index (χ3v) is 4.83. The number of hydrogen-bond acceptors (Lipinski definition) is 3. The number of hydrogen-bond donors (Lipinski definition) is 1. The van der Waals surface area contributed by atoms with Crippen LogP contribution in [-0.2, 0) is 16.6 Å². The fourth-order valence-corrected chi connectivity index (χ4v) is 3.21. The van der Waals surface area contributed by atoms with Gasteiger partial charge in [0.15, 0.2) is 0 Å². The van der Waals surface area contributed by atoms with E-state index in [1.165, 1.54) is 6.20 Å². The summed E-state index contributed by atoms with van der Waals surface area (Å²) in [5.74, 6) is 0. The van der Waals surface area contributed by atoms with Crippen LogP contribution in [0.2, 0.25) is 5.02 Å². The summed E-state index contributed by atoms with van der Waals surface area (Å²) in [6.45, 7) is 6.04. The zero-order chi connectivity index (χ0) is 14.9. The minimum atomic E-state index is -3.65. The van der Waals surface area contributed by atoms with Gasteiger partial charge in [0, 0.05) is 17.8 Å². The van der Waals surface area contributed by atoms with Crippen molar-refractivity contribution in [1.82, 2.24) is 9.78 Å². The molecule has 1 aromatic carbocycles. The number of nitrogens with one attached hydrogen (secondary N) is 1. The number of aromatic nitrogens is 2. The van der Waals surface area contributed by atoms with Crippen LogP contribution in [-0.4, -0.2) is 18.2 Å². The maximum absolute atomic E-state index is 12.3. The van der Waals surface area contributed by atoms with E-state index in [9.17, 15) is 8.42 Å². The van der Waals surface area contributed by atoms with Gasteiger partial charge >= 0.3 is 0 Å². The predicted molar refractivity (Wildman–Crippen MR) is 79.6 cm³/mol. The summed E-state index contributed by atoms with van der Waals surface area (Å²) in [5.41, 5.74) is 1.80. The van der Waals surface area contributed by atoms with Crippen molar-refractivity contribution >= 4 is 27.3 Å². The zero-order valence-corrected chi connectivity index (χ0v) is 13.1. The molecule has 1 heterocycles. The maximum Gasteiger partial charge on any atom is 0.265 e. The number of halogens is 1. The topological polar surface area (TPSA) is 64.0 Å². The minimum Gasteiger partial charge on any atom is -0.279 e. The first-order chi connectivity index (χ1) is 9.33. The van der Waals surface area contributed by atoms with Crippen molar-refractivity contribution in [2.24, 2.45) is 0 Å². The Morgan fingerprint density at radius 3 is 2.60 bits per heavy atom. The van der Waals surface area contributed by atoms with Gasteiger partial charge in [-0.2, -0.15) is 5.10 Å². The van der Waals surface area contributed by atoms with E-state index < -0.39 is 10.0 Å². The molecule has 0 fully saturated rings. The largest absolute Gasteiger partial charge is 0.279 e. The van der Waals surface area contributed by atoms with E-state index in [-0.39, 0.29) is 4.90 Å². The number of anilines is 1. The lowest BCUT2D eigenvalue weighted by Gasteiger charge is -2.08. The molecule has 0 unspecified atom stereocenters. The van der Waals surface area contributed by atoms with Crippen LogP contribution in [0.4, 0.5) is 5.69 Å². The molecule has 2 aromatic rings. The van der Waals surface area contributed by atoms with E-state index in [1.54, 1.807) is 29.8 Å². The maximum atomic E-state index is 12.3. The highest BCUT2D eigenvalue weighted by Crippen LogP contribution is 2.23. The van der Waals surface area contributed by atoms with Gasteiger partial charge in [-0.3, -0.25) is 9.40 Å². The molecule has 0 spiro atoms. The molecule has 108 valence electrons. The number of rotatable bonds is 4. The Bertz CT molecular complexity index is 738. The number of benzene rings is 1. The summed E-state index contributed by atoms with van der Waals surface area (Å²) in [5, 5.41) is 4.66. The van der Waals surface area contributed by atoms with Crippen molar-refractivity contribution in [3.8, 4) is 0 Å². The number of aryl methyl sites for hydroxylation is 3. The lowest BCUT2D eigenvalue weighted by molar-refractivity contribution is 0.600. The third kappa shape index (κ3) is 2.96. The van der Waals surface area contributed by atoms with Crippen molar-refractivity contribution in [2.45, 2.75) is 32.2 Å². The first-order valence-electron chi connectivity index (χ1n) is 6.16. The van der Waals surface area contributed by atoms with Crippen LogP contribution in [0.15, 0.2) is 29.3 Å². The lowest BCUT2D eigenvalue weighted by atomic mass is 10.2. The van der Waals surface area contributed by atoms with Crippen LogP contribution in [0.3, 0.4) is 0 Å². The van der Waals surface area contributed by atoms with Crippen molar-refractivity contribution in [3.05, 3.63) is 40.7 Å². The molecule has 7 heteroatoms. The standard InChI is InChI=1S/C13H16ClN3O2S/c1-4-17-8-13(10(3)15-17)20(18,19)16-11-6-5-9(2)12(14)7-11/h5-8,16H,4H2,1-3H3. The molecule has 0 saturated heterocycles. The first-order valence-corrected chi connectivity index (χ1v) is 8.02. The molecule has 0 radical (unpaired) electrons. The van der Waals surface area contributed by atoms with Gasteiger partial charge in [-0.1, -0.05) is 17.7 Å². The van der Waals surface area contributed by atoms with Crippen molar-refractivity contribution in [1.29, 1.82) is 0 Å². The average Bonchev–Trinajstić information content (AvgIpc) is 2.76. The molecule has 0 amide bonds. The molecule has 1 aromatic heterocycles. The average molecular weight is 314 g/mol. The van der Waals surface area contributed by atoms with Crippen LogP contribution < -0.4 is 4.72 Å². The molecular formula is C13H16ClN3O2S. The second-order valence-corrected chi connectivity index (χ2v) is 6.56. The van der Waals surface area contributed by atoms with E-state index in [1.807, 2.05) is 13.8 Å². The van der Waals surface area contributed by atoms with Crippen LogP contribution >= 0.6 is 11.6 Å². The van der Waals surface area contributed by atoms with Gasteiger partial charge in [0.05, 0.1) is 11.4 Å². The fraction of sp³-hybridized carbons (Fsp3) is 0.308. The molecule has 5 nitrogen and oxygen atoms in total. The Hall–Kier alpha value is -1.53. The molecule has 0 saturated carbocycles. The highest BCUT2D eigenvalue weighted by molar-refractivity contribution is 7.92. The minimum absolute atomic E-state index is 0.177. The van der Waals surface area contributed by atoms with Gasteiger partial charge in [0.1, 0.15) is 4.90 Å². The summed E-state index contributed by atoms with van der Waals surface area (Å²) in [6, 6.07) is 5.04. The molecular weight excluding hydrogens is 298 g/mol. The molecule has 20 heavy (non-hydrogen) atoms. The Balaban J connectivity index is 2.35. The van der Waals surface area contributed by atoms with Gasteiger partial charge in [-0.05, 0) is 38.5 Å². The number of sulfonamides is 1. The van der Waals surface area contributed by atoms with Crippen molar-refractivity contribution < 1.29 is 8.42 Å². The Kier molecular flexibility index (Phi) is 4.06. The zero-order valence-electron chi connectivity index (χ0n) is 11.5. The van der Waals surface area contributed by atoms with Crippen LogP contribution in [0, 0.1) is 13.8 Å². The van der Waals surface area contributed by atoms with Gasteiger partial charge in [0.25, 0.3) is 10.0 Å². The summed E-state index contributed by atoms with van der Waals surface area (Å²) in [6.07, 6.45) is 1.52. The number of nitrogens with zero attached hydrogens (tertiary/aromatic N) is 2. The highest BCUT2D eigenvalue weighted by Gasteiger charge is 2.20. The molecule has 0 aliphatic rings. The highest BCUT2D eigenvalue weighted by atomic mass is 35.5. The van der Waals surface area contributed by atoms with Gasteiger partial charge in [-0.15, -0.1) is 0 Å². The Morgan fingerprint density at radius 1 is 1.35 bits per heavy atom. The summed E-state index contributed by atoms with van der Waals surface area (Å²) >= 11 is 6.00. The lowest BCUT2D eigenvalue weighted by Crippen LogP contribution is -2.13. The third-order valence-electron chi connectivity index (χ3n) is 2.94. The van der Waals surface area contributed by atoms with Gasteiger partial charge in [0.2, 0.25) is 0 Å². The molecule has 0 atom stereocenters. The Labute approximate surface area is 123 Å². The van der Waals surface area contributed by atoms with Gasteiger partial charge in [-0.25, -0.2) is 8.42 Å². The monoisotopic (exact) mass is 313 g/mol. The van der Waals surface area contributed by atoms with E-state index >= 15 is 0 Å². The van der Waals surface area contributed by atoms with E-state index in [4.69, 9.17) is 11.6 Å². The van der Waals surface area contributed by atoms with Gasteiger partial charge < -0.3 is 0 Å². The fourth-order valence-electron chi connectivity index (χ4n) is 1.79. The second-order valence-electron chi connectivity index (χ2n) is 4.50. The van der Waals surface area contributed by atoms with Crippen LogP contribution in [0.1, 0.15) is 18.2 Å². The van der Waals surface area contributed by atoms with E-state index in [2.05, 4.69) is 9.82 Å². The summed E-state index contributed by atoms with van der Waals surface area (Å²) in [7, 11) is -3.65. The molecule has 2 rings (SSSR count).